The number of carbonyl (C=O) groups is 1. The predicted molar refractivity (Wildman–Crippen MR) is 72.8 cm³/mol. The molecule has 96 valence electrons. The van der Waals surface area contributed by atoms with E-state index in [9.17, 15) is 4.79 Å². The Bertz CT molecular complexity index is 262. The van der Waals surface area contributed by atoms with Gasteiger partial charge in [-0.1, -0.05) is 50.1 Å². The molecule has 0 aromatic heterocycles. The van der Waals surface area contributed by atoms with E-state index in [4.69, 9.17) is 4.74 Å². The fourth-order valence-electron chi connectivity index (χ4n) is 1.29. The van der Waals surface area contributed by atoms with E-state index in [2.05, 4.69) is 19.1 Å². The van der Waals surface area contributed by atoms with Crippen molar-refractivity contribution in [1.29, 1.82) is 0 Å². The van der Waals surface area contributed by atoms with Crippen LogP contribution >= 0.6 is 0 Å². The van der Waals surface area contributed by atoms with Crippen molar-refractivity contribution in [3.05, 3.63) is 36.5 Å². The fraction of sp³-hybridized carbons (Fsp3) is 0.533. The van der Waals surface area contributed by atoms with Crippen molar-refractivity contribution in [1.82, 2.24) is 0 Å². The van der Waals surface area contributed by atoms with E-state index in [0.29, 0.717) is 6.61 Å². The minimum atomic E-state index is -0.285. The van der Waals surface area contributed by atoms with Crippen LogP contribution in [0.5, 0.6) is 0 Å². The number of unbranched alkanes of at least 4 members (excludes halogenated alkanes) is 3. The zero-order valence-corrected chi connectivity index (χ0v) is 11.0. The molecule has 17 heavy (non-hydrogen) atoms. The van der Waals surface area contributed by atoms with Crippen molar-refractivity contribution in [2.45, 2.75) is 46.0 Å². The third-order valence-corrected chi connectivity index (χ3v) is 2.18. The lowest BCUT2D eigenvalue weighted by molar-refractivity contribution is -0.137. The van der Waals surface area contributed by atoms with E-state index in [1.165, 1.54) is 31.8 Å². The van der Waals surface area contributed by atoms with Gasteiger partial charge in [0.1, 0.15) is 0 Å². The number of ether oxygens (including phenoxy) is 1. The van der Waals surface area contributed by atoms with Crippen LogP contribution in [0, 0.1) is 0 Å². The molecule has 0 aliphatic heterocycles. The first-order valence-corrected chi connectivity index (χ1v) is 6.46. The normalized spacial score (nSPS) is 11.9. The molecule has 0 aromatic carbocycles. The van der Waals surface area contributed by atoms with Crippen molar-refractivity contribution in [3.8, 4) is 0 Å². The summed E-state index contributed by atoms with van der Waals surface area (Å²) in [5.74, 6) is -0.285. The van der Waals surface area contributed by atoms with Crippen LogP contribution in [0.15, 0.2) is 36.5 Å². The first-order valence-electron chi connectivity index (χ1n) is 6.46. The summed E-state index contributed by atoms with van der Waals surface area (Å²) in [6, 6.07) is 0. The fourth-order valence-corrected chi connectivity index (χ4v) is 1.29. The molecule has 0 atom stereocenters. The molecule has 2 heteroatoms. The molecule has 2 nitrogen and oxygen atoms in total. The molecule has 0 amide bonds. The van der Waals surface area contributed by atoms with E-state index in [-0.39, 0.29) is 5.97 Å². The van der Waals surface area contributed by atoms with Gasteiger partial charge in [-0.15, -0.1) is 0 Å². The van der Waals surface area contributed by atoms with Gasteiger partial charge in [0.15, 0.2) is 0 Å². The van der Waals surface area contributed by atoms with Crippen molar-refractivity contribution in [2.75, 3.05) is 6.61 Å². The monoisotopic (exact) mass is 236 g/mol. The average molecular weight is 236 g/mol. The molecule has 0 spiro atoms. The quantitative estimate of drug-likeness (QED) is 0.197. The highest BCUT2D eigenvalue weighted by Crippen LogP contribution is 2.00. The first kappa shape index (κ1) is 15.7. The number of allylic oxidation sites excluding steroid dienone is 5. The molecule has 0 aromatic rings. The molecule has 0 bridgehead atoms. The third kappa shape index (κ3) is 12.6. The van der Waals surface area contributed by atoms with Crippen molar-refractivity contribution in [3.63, 3.8) is 0 Å². The van der Waals surface area contributed by atoms with Crippen LogP contribution in [0.4, 0.5) is 0 Å². The molecule has 0 saturated heterocycles. The second-order valence-corrected chi connectivity index (χ2v) is 3.74. The van der Waals surface area contributed by atoms with E-state index in [0.717, 1.165) is 6.42 Å². The maximum atomic E-state index is 10.9. The highest BCUT2D eigenvalue weighted by molar-refractivity contribution is 5.82. The molecule has 0 N–H and O–H groups in total. The molecule has 0 saturated carbocycles. The molecule has 0 rings (SSSR count). The average Bonchev–Trinajstić information content (AvgIpc) is 2.32. The number of carbonyl (C=O) groups excluding carboxylic acids is 1. The lowest BCUT2D eigenvalue weighted by Crippen LogP contribution is -1.98. The Hall–Kier alpha value is -1.31. The minimum absolute atomic E-state index is 0.285. The molecule has 0 aliphatic carbocycles. The highest BCUT2D eigenvalue weighted by atomic mass is 16.5. The van der Waals surface area contributed by atoms with Gasteiger partial charge in [0.05, 0.1) is 6.61 Å². The van der Waals surface area contributed by atoms with Crippen LogP contribution in [-0.4, -0.2) is 12.6 Å². The van der Waals surface area contributed by atoms with Gasteiger partial charge >= 0.3 is 5.97 Å². The molecule has 0 radical (unpaired) electrons. The largest absolute Gasteiger partial charge is 0.463 e. The van der Waals surface area contributed by atoms with E-state index in [1.54, 1.807) is 13.0 Å². The number of esters is 1. The van der Waals surface area contributed by atoms with E-state index < -0.39 is 0 Å². The van der Waals surface area contributed by atoms with Gasteiger partial charge in [0, 0.05) is 6.08 Å². The second-order valence-electron chi connectivity index (χ2n) is 3.74. The van der Waals surface area contributed by atoms with Gasteiger partial charge in [0.25, 0.3) is 0 Å². The lowest BCUT2D eigenvalue weighted by atomic mass is 10.2. The molecule has 0 unspecified atom stereocenters. The third-order valence-electron chi connectivity index (χ3n) is 2.18. The minimum Gasteiger partial charge on any atom is -0.463 e. The molecular weight excluding hydrogens is 212 g/mol. The smallest absolute Gasteiger partial charge is 0.330 e. The summed E-state index contributed by atoms with van der Waals surface area (Å²) in [5, 5.41) is 0. The van der Waals surface area contributed by atoms with Crippen LogP contribution in [-0.2, 0) is 9.53 Å². The van der Waals surface area contributed by atoms with Gasteiger partial charge < -0.3 is 4.74 Å². The van der Waals surface area contributed by atoms with Crippen molar-refractivity contribution in [2.24, 2.45) is 0 Å². The lowest BCUT2D eigenvalue weighted by Gasteiger charge is -1.92. The number of hydrogen-bond donors (Lipinski definition) is 0. The van der Waals surface area contributed by atoms with Crippen LogP contribution < -0.4 is 0 Å². The zero-order chi connectivity index (χ0) is 12.8. The number of rotatable bonds is 9. The second kappa shape index (κ2) is 12.8. The van der Waals surface area contributed by atoms with Gasteiger partial charge in [-0.05, 0) is 26.2 Å². The van der Waals surface area contributed by atoms with E-state index in [1.807, 2.05) is 12.2 Å². The molecule has 0 aliphatic rings. The summed E-state index contributed by atoms with van der Waals surface area (Å²) in [5.41, 5.74) is 0. The molecule has 0 heterocycles. The number of hydrogen-bond acceptors (Lipinski definition) is 2. The maximum Gasteiger partial charge on any atom is 0.330 e. The summed E-state index contributed by atoms with van der Waals surface area (Å²) in [6.07, 6.45) is 17.3. The van der Waals surface area contributed by atoms with Crippen LogP contribution in [0.1, 0.15) is 46.0 Å². The summed E-state index contributed by atoms with van der Waals surface area (Å²) >= 11 is 0. The SMILES string of the molecule is CCCCC/C=C\C/C=C\C=C\C(=O)OCC. The van der Waals surface area contributed by atoms with Crippen LogP contribution in [0.2, 0.25) is 0 Å². The first-order chi connectivity index (χ1) is 8.31. The predicted octanol–water partition coefficient (Wildman–Crippen LogP) is 4.19. The summed E-state index contributed by atoms with van der Waals surface area (Å²) in [6.45, 7) is 4.43. The van der Waals surface area contributed by atoms with Crippen molar-refractivity contribution >= 4 is 5.97 Å². The molecule has 0 fully saturated rings. The van der Waals surface area contributed by atoms with Gasteiger partial charge in [0.2, 0.25) is 0 Å². The highest BCUT2D eigenvalue weighted by Gasteiger charge is 1.89. The zero-order valence-electron chi connectivity index (χ0n) is 11.0. The summed E-state index contributed by atoms with van der Waals surface area (Å²) < 4.78 is 4.75. The maximum absolute atomic E-state index is 10.9. The van der Waals surface area contributed by atoms with Gasteiger partial charge in [-0.3, -0.25) is 0 Å². The van der Waals surface area contributed by atoms with Crippen molar-refractivity contribution < 1.29 is 9.53 Å². The van der Waals surface area contributed by atoms with Crippen LogP contribution in [0.25, 0.3) is 0 Å². The Labute approximate surface area is 105 Å². The Morgan fingerprint density at radius 3 is 2.59 bits per heavy atom. The Morgan fingerprint density at radius 2 is 1.88 bits per heavy atom. The van der Waals surface area contributed by atoms with Gasteiger partial charge in [-0.2, -0.15) is 0 Å². The van der Waals surface area contributed by atoms with E-state index >= 15 is 0 Å². The van der Waals surface area contributed by atoms with Gasteiger partial charge in [-0.25, -0.2) is 4.79 Å². The molecular formula is C15H24O2. The Morgan fingerprint density at radius 1 is 1.06 bits per heavy atom. The topological polar surface area (TPSA) is 26.3 Å². The Balaban J connectivity index is 3.50. The van der Waals surface area contributed by atoms with Crippen LogP contribution in [0.3, 0.4) is 0 Å². The summed E-state index contributed by atoms with van der Waals surface area (Å²) in [4.78, 5) is 10.9. The summed E-state index contributed by atoms with van der Waals surface area (Å²) in [7, 11) is 0. The standard InChI is InChI=1S/C15H24O2/c1-3-5-6-7-8-9-10-11-12-13-14-15(16)17-4-2/h8-9,11-14H,3-7,10H2,1-2H3/b9-8-,12-11-,14-13+. The Kier molecular flexibility index (Phi) is 11.8.